The van der Waals surface area contributed by atoms with Crippen LogP contribution in [-0.4, -0.2) is 71.0 Å². The van der Waals surface area contributed by atoms with Gasteiger partial charge in [-0.15, -0.1) is 0 Å². The largest absolute Gasteiger partial charge is 0.493 e. The van der Waals surface area contributed by atoms with E-state index in [4.69, 9.17) is 9.47 Å². The van der Waals surface area contributed by atoms with Gasteiger partial charge in [-0.1, -0.05) is 18.2 Å². The highest BCUT2D eigenvalue weighted by Crippen LogP contribution is 2.27. The number of methoxy groups -OCH3 is 2. The fourth-order valence-electron chi connectivity index (χ4n) is 3.40. The Morgan fingerprint density at radius 3 is 2.16 bits per heavy atom. The summed E-state index contributed by atoms with van der Waals surface area (Å²) in [6.45, 7) is 2.76. The number of nitrogens with zero attached hydrogens (tertiary/aromatic N) is 2. The molecule has 0 radical (unpaired) electrons. The number of likely N-dealkylation sites (N-methyl/N-ethyl adjacent to an activating group) is 1. The summed E-state index contributed by atoms with van der Waals surface area (Å²) in [5.74, 6) is 1.05. The summed E-state index contributed by atoms with van der Waals surface area (Å²) in [4.78, 5) is 14.7. The minimum absolute atomic E-state index is 0.138. The molecule has 0 bridgehead atoms. The standard InChI is InChI=1S/C22H29N3O5S/c1-24-10-12-25(13-11-24)31(27,28)19-7-4-17(5-8-19)16-23-22(26)15-18-6-9-20(29-2)21(14-18)30-3/h4-9,14H,10-13,15-16H2,1-3H3,(H,23,26). The molecule has 0 spiro atoms. The van der Waals surface area contributed by atoms with Gasteiger partial charge in [-0.05, 0) is 42.4 Å². The number of hydrogen-bond donors (Lipinski definition) is 1. The molecule has 8 nitrogen and oxygen atoms in total. The zero-order valence-corrected chi connectivity index (χ0v) is 18.9. The summed E-state index contributed by atoms with van der Waals surface area (Å²) < 4.78 is 37.6. The number of sulfonamides is 1. The summed E-state index contributed by atoms with van der Waals surface area (Å²) in [7, 11) is 1.61. The lowest BCUT2D eigenvalue weighted by Gasteiger charge is -2.31. The molecule has 0 atom stereocenters. The van der Waals surface area contributed by atoms with E-state index in [1.807, 2.05) is 13.1 Å². The summed E-state index contributed by atoms with van der Waals surface area (Å²) in [5.41, 5.74) is 1.64. The van der Waals surface area contributed by atoms with E-state index in [2.05, 4.69) is 10.2 Å². The van der Waals surface area contributed by atoms with Gasteiger partial charge in [-0.25, -0.2) is 8.42 Å². The molecular weight excluding hydrogens is 418 g/mol. The van der Waals surface area contributed by atoms with Crippen LogP contribution in [0.15, 0.2) is 47.4 Å². The maximum atomic E-state index is 12.8. The van der Waals surface area contributed by atoms with Crippen LogP contribution in [0.1, 0.15) is 11.1 Å². The van der Waals surface area contributed by atoms with Crippen molar-refractivity contribution in [2.24, 2.45) is 0 Å². The molecule has 0 aliphatic carbocycles. The number of hydrogen-bond acceptors (Lipinski definition) is 6. The van der Waals surface area contributed by atoms with Crippen LogP contribution >= 0.6 is 0 Å². The molecule has 2 aromatic rings. The maximum Gasteiger partial charge on any atom is 0.243 e. The van der Waals surface area contributed by atoms with Crippen molar-refractivity contribution in [1.29, 1.82) is 0 Å². The molecule has 0 saturated carbocycles. The third-order valence-corrected chi connectivity index (χ3v) is 7.24. The number of piperazine rings is 1. The molecule has 1 aliphatic rings. The molecular formula is C22H29N3O5S. The molecule has 1 saturated heterocycles. The van der Waals surface area contributed by atoms with Gasteiger partial charge >= 0.3 is 0 Å². The Labute approximate surface area is 183 Å². The Morgan fingerprint density at radius 2 is 1.55 bits per heavy atom. The quantitative estimate of drug-likeness (QED) is 0.660. The van der Waals surface area contributed by atoms with Crippen molar-refractivity contribution < 1.29 is 22.7 Å². The van der Waals surface area contributed by atoms with Crippen LogP contribution in [-0.2, 0) is 27.8 Å². The van der Waals surface area contributed by atoms with Crippen LogP contribution < -0.4 is 14.8 Å². The van der Waals surface area contributed by atoms with E-state index in [9.17, 15) is 13.2 Å². The van der Waals surface area contributed by atoms with E-state index in [1.165, 1.54) is 4.31 Å². The molecule has 1 amide bonds. The topological polar surface area (TPSA) is 88.2 Å². The average Bonchev–Trinajstić information content (AvgIpc) is 2.78. The molecule has 1 N–H and O–H groups in total. The van der Waals surface area contributed by atoms with Gasteiger partial charge in [0.1, 0.15) is 0 Å². The molecule has 1 aliphatic heterocycles. The first-order valence-corrected chi connectivity index (χ1v) is 11.5. The van der Waals surface area contributed by atoms with E-state index in [-0.39, 0.29) is 17.2 Å². The second-order valence-electron chi connectivity index (χ2n) is 7.49. The van der Waals surface area contributed by atoms with E-state index < -0.39 is 10.0 Å². The normalized spacial score (nSPS) is 15.5. The number of amides is 1. The fraction of sp³-hybridized carbons (Fsp3) is 0.409. The number of rotatable bonds is 8. The Balaban J connectivity index is 1.56. The molecule has 9 heteroatoms. The van der Waals surface area contributed by atoms with Gasteiger partial charge in [0.15, 0.2) is 11.5 Å². The first kappa shape index (κ1) is 23.1. The number of carbonyl (C=O) groups excluding carboxylic acids is 1. The summed E-state index contributed by atoms with van der Waals surface area (Å²) in [5, 5.41) is 2.86. The van der Waals surface area contributed by atoms with Crippen molar-refractivity contribution in [3.05, 3.63) is 53.6 Å². The first-order valence-electron chi connectivity index (χ1n) is 10.1. The van der Waals surface area contributed by atoms with Crippen molar-refractivity contribution >= 4 is 15.9 Å². The number of nitrogens with one attached hydrogen (secondary N) is 1. The Bertz CT molecular complexity index is 1000. The number of carbonyl (C=O) groups is 1. The smallest absolute Gasteiger partial charge is 0.243 e. The highest BCUT2D eigenvalue weighted by Gasteiger charge is 2.27. The fourth-order valence-corrected chi connectivity index (χ4v) is 4.82. The minimum Gasteiger partial charge on any atom is -0.493 e. The summed E-state index contributed by atoms with van der Waals surface area (Å²) in [6, 6.07) is 12.0. The van der Waals surface area contributed by atoms with Crippen LogP contribution in [0.3, 0.4) is 0 Å². The van der Waals surface area contributed by atoms with Crippen molar-refractivity contribution in [3.63, 3.8) is 0 Å². The van der Waals surface area contributed by atoms with Crippen LogP contribution in [0.2, 0.25) is 0 Å². The molecule has 1 heterocycles. The Morgan fingerprint density at radius 1 is 0.935 bits per heavy atom. The third kappa shape index (κ3) is 5.75. The SMILES string of the molecule is COc1ccc(CC(=O)NCc2ccc(S(=O)(=O)N3CCN(C)CC3)cc2)cc1OC. The second-order valence-corrected chi connectivity index (χ2v) is 9.43. The average molecular weight is 448 g/mol. The van der Waals surface area contributed by atoms with Crippen molar-refractivity contribution in [2.45, 2.75) is 17.9 Å². The van der Waals surface area contributed by atoms with Gasteiger partial charge in [0.25, 0.3) is 0 Å². The van der Waals surface area contributed by atoms with Gasteiger partial charge in [0.2, 0.25) is 15.9 Å². The van der Waals surface area contributed by atoms with Crippen LogP contribution in [0, 0.1) is 0 Å². The number of benzene rings is 2. The van der Waals surface area contributed by atoms with E-state index in [0.29, 0.717) is 31.1 Å². The summed E-state index contributed by atoms with van der Waals surface area (Å²) in [6.07, 6.45) is 0.205. The predicted molar refractivity (Wildman–Crippen MR) is 118 cm³/mol. The van der Waals surface area contributed by atoms with E-state index >= 15 is 0 Å². The van der Waals surface area contributed by atoms with E-state index in [1.54, 1.807) is 50.6 Å². The highest BCUT2D eigenvalue weighted by atomic mass is 32.2. The molecule has 1 fully saturated rings. The van der Waals surface area contributed by atoms with Crippen molar-refractivity contribution in [2.75, 3.05) is 47.4 Å². The van der Waals surface area contributed by atoms with Crippen LogP contribution in [0.5, 0.6) is 11.5 Å². The monoisotopic (exact) mass is 447 g/mol. The van der Waals surface area contributed by atoms with Crippen LogP contribution in [0.25, 0.3) is 0 Å². The lowest BCUT2D eigenvalue weighted by Crippen LogP contribution is -2.47. The van der Waals surface area contributed by atoms with Crippen molar-refractivity contribution in [1.82, 2.24) is 14.5 Å². The Kier molecular flexibility index (Phi) is 7.53. The van der Waals surface area contributed by atoms with E-state index in [0.717, 1.165) is 24.2 Å². The van der Waals surface area contributed by atoms with Gasteiger partial charge in [0.05, 0.1) is 25.5 Å². The van der Waals surface area contributed by atoms with Gasteiger partial charge < -0.3 is 19.7 Å². The molecule has 3 rings (SSSR count). The summed E-state index contributed by atoms with van der Waals surface area (Å²) >= 11 is 0. The second kappa shape index (κ2) is 10.1. The lowest BCUT2D eigenvalue weighted by molar-refractivity contribution is -0.120. The number of ether oxygens (including phenoxy) is 2. The highest BCUT2D eigenvalue weighted by molar-refractivity contribution is 7.89. The molecule has 0 aromatic heterocycles. The Hall–Kier alpha value is -2.62. The molecule has 31 heavy (non-hydrogen) atoms. The minimum atomic E-state index is -3.49. The van der Waals surface area contributed by atoms with Gasteiger partial charge in [-0.3, -0.25) is 4.79 Å². The van der Waals surface area contributed by atoms with Gasteiger partial charge in [0, 0.05) is 32.7 Å². The van der Waals surface area contributed by atoms with Crippen LogP contribution in [0.4, 0.5) is 0 Å². The maximum absolute atomic E-state index is 12.8. The zero-order chi connectivity index (χ0) is 22.4. The van der Waals surface area contributed by atoms with Crippen molar-refractivity contribution in [3.8, 4) is 11.5 Å². The molecule has 2 aromatic carbocycles. The van der Waals surface area contributed by atoms with Gasteiger partial charge in [-0.2, -0.15) is 4.31 Å². The first-order chi connectivity index (χ1) is 14.8. The molecule has 168 valence electrons. The zero-order valence-electron chi connectivity index (χ0n) is 18.1. The predicted octanol–water partition coefficient (Wildman–Crippen LogP) is 1.50. The third-order valence-electron chi connectivity index (χ3n) is 5.33. The lowest BCUT2D eigenvalue weighted by atomic mass is 10.1. The molecule has 0 unspecified atom stereocenters.